The number of thioether (sulfide) groups is 1. The Kier molecular flexibility index (Phi) is 7.74. The summed E-state index contributed by atoms with van der Waals surface area (Å²) in [5, 5.41) is 2.60. The smallest absolute Gasteiger partial charge is 0.0643 e. The molecule has 0 spiro atoms. The summed E-state index contributed by atoms with van der Waals surface area (Å²) in [6.07, 6.45) is 14.5. The van der Waals surface area contributed by atoms with Crippen molar-refractivity contribution in [2.45, 2.75) is 46.4 Å². The average molecular weight is 704 g/mol. The summed E-state index contributed by atoms with van der Waals surface area (Å²) >= 11 is 3.85. The van der Waals surface area contributed by atoms with Crippen LogP contribution in [0.2, 0.25) is 0 Å². The van der Waals surface area contributed by atoms with Gasteiger partial charge < -0.3 is 4.57 Å². The molecule has 0 bridgehead atoms. The second-order valence-electron chi connectivity index (χ2n) is 14.2. The van der Waals surface area contributed by atoms with Crippen molar-refractivity contribution in [2.75, 3.05) is 0 Å². The third-order valence-corrected chi connectivity index (χ3v) is 13.3. The molecule has 0 fully saturated rings. The highest BCUT2D eigenvalue weighted by Gasteiger charge is 2.30. The van der Waals surface area contributed by atoms with Gasteiger partial charge in [0, 0.05) is 47.0 Å². The molecule has 2 heterocycles. The molecule has 6 aromatic carbocycles. The third kappa shape index (κ3) is 5.18. The predicted molar refractivity (Wildman–Crippen MR) is 224 cm³/mol. The van der Waals surface area contributed by atoms with Gasteiger partial charge in [0.15, 0.2) is 0 Å². The molecule has 0 amide bonds. The lowest BCUT2D eigenvalue weighted by Crippen LogP contribution is -2.28. The van der Waals surface area contributed by atoms with Gasteiger partial charge in [-0.3, -0.25) is 0 Å². The Hall–Kier alpha value is -5.22. The molecule has 1 nitrogen and oxygen atoms in total. The van der Waals surface area contributed by atoms with E-state index in [-0.39, 0.29) is 5.54 Å². The number of fused-ring (bicyclic) bond motifs is 8. The molecule has 0 saturated heterocycles. The fourth-order valence-electron chi connectivity index (χ4n) is 8.51. The summed E-state index contributed by atoms with van der Waals surface area (Å²) < 4.78 is 2.62. The molecular weight excluding hydrogens is 667 g/mol. The summed E-state index contributed by atoms with van der Waals surface area (Å²) in [4.78, 5) is 5.22. The number of hydrogen-bond acceptors (Lipinski definition) is 2. The van der Waals surface area contributed by atoms with Gasteiger partial charge in [-0.25, -0.2) is 0 Å². The first-order valence-electron chi connectivity index (χ1n) is 18.2. The van der Waals surface area contributed by atoms with Gasteiger partial charge in [-0.1, -0.05) is 163 Å². The van der Waals surface area contributed by atoms with E-state index in [1.54, 1.807) is 0 Å². The van der Waals surface area contributed by atoms with E-state index in [9.17, 15) is 0 Å². The lowest BCUT2D eigenvalue weighted by atomic mass is 9.90. The minimum absolute atomic E-state index is 0.197. The second kappa shape index (κ2) is 12.8. The van der Waals surface area contributed by atoms with Crippen LogP contribution in [0.25, 0.3) is 55.2 Å². The molecule has 3 heteroatoms. The lowest BCUT2D eigenvalue weighted by Gasteiger charge is -2.32. The number of nitrogens with zero attached hydrogens (tertiary/aromatic N) is 1. The quantitative estimate of drug-likeness (QED) is 0.180. The highest BCUT2D eigenvalue weighted by Crippen LogP contribution is 2.53. The van der Waals surface area contributed by atoms with Crippen LogP contribution in [-0.4, -0.2) is 4.57 Å². The van der Waals surface area contributed by atoms with Crippen LogP contribution in [0, 0.1) is 0 Å². The van der Waals surface area contributed by atoms with Crippen molar-refractivity contribution in [2.24, 2.45) is 0 Å². The third-order valence-electron chi connectivity index (χ3n) is 11.0. The predicted octanol–water partition coefficient (Wildman–Crippen LogP) is 14.2. The van der Waals surface area contributed by atoms with Crippen LogP contribution in [0.3, 0.4) is 0 Å². The number of hydrogen-bond donors (Lipinski definition) is 0. The molecule has 2 aliphatic carbocycles. The normalized spacial score (nSPS) is 18.1. The van der Waals surface area contributed by atoms with Crippen LogP contribution in [0.15, 0.2) is 189 Å². The Balaban J connectivity index is 1.27. The average Bonchev–Trinajstić information content (AvgIpc) is 3.55. The first kappa shape index (κ1) is 31.5. The highest BCUT2D eigenvalue weighted by atomic mass is 32.2. The van der Waals surface area contributed by atoms with Crippen LogP contribution in [-0.2, 0) is 5.54 Å². The van der Waals surface area contributed by atoms with E-state index in [0.29, 0.717) is 0 Å². The van der Waals surface area contributed by atoms with Crippen LogP contribution in [0.4, 0.5) is 0 Å². The maximum absolute atomic E-state index is 2.62. The standard InChI is InChI=1S/C49H37NS2/c1-49(30-12-3-13-31-49)50-42-24-9-6-18-35(42)39-22-14-23-40(48(39)50)38-21-15-27-45-47(38)41-20-8-11-26-44(41)51-43-25-10-7-19-36(43)37-29-28-34(32-46(37)52-45)33-16-4-2-5-17-33/h2-27,30,32H,28-29,31H2,1H3. The molecule has 0 N–H and O–H groups in total. The molecule has 0 radical (unpaired) electrons. The Morgan fingerprint density at radius 1 is 0.558 bits per heavy atom. The summed E-state index contributed by atoms with van der Waals surface area (Å²) in [6, 6.07) is 51.9. The fraction of sp³-hybridized carbons (Fsp3) is 0.102. The van der Waals surface area contributed by atoms with Crippen molar-refractivity contribution < 1.29 is 0 Å². The van der Waals surface area contributed by atoms with Gasteiger partial charge in [0.2, 0.25) is 0 Å². The Morgan fingerprint density at radius 3 is 2.08 bits per heavy atom. The van der Waals surface area contributed by atoms with Gasteiger partial charge in [0.1, 0.15) is 0 Å². The maximum Gasteiger partial charge on any atom is 0.0643 e. The molecule has 1 atom stereocenters. The SMILES string of the molecule is CC1(n2c3ccccc3c3cccc(-c4cccc5c4-c4ccccc4Sc4ccccc4C4=C(C=C(c6ccccc6)CC4)S5)c32)C=CC=CC1. The van der Waals surface area contributed by atoms with Crippen molar-refractivity contribution in [3.05, 3.63) is 186 Å². The Morgan fingerprint density at radius 2 is 1.23 bits per heavy atom. The summed E-state index contributed by atoms with van der Waals surface area (Å²) in [7, 11) is 0. The van der Waals surface area contributed by atoms with Gasteiger partial charge in [0.05, 0.1) is 11.1 Å². The van der Waals surface area contributed by atoms with Crippen molar-refractivity contribution in [3.8, 4) is 22.3 Å². The number of aromatic nitrogens is 1. The van der Waals surface area contributed by atoms with Crippen LogP contribution in [0.1, 0.15) is 37.3 Å². The van der Waals surface area contributed by atoms with Gasteiger partial charge in [0.25, 0.3) is 0 Å². The van der Waals surface area contributed by atoms with Gasteiger partial charge >= 0.3 is 0 Å². The summed E-state index contributed by atoms with van der Waals surface area (Å²) in [5.41, 5.74) is 13.0. The number of para-hydroxylation sites is 2. The monoisotopic (exact) mass is 703 g/mol. The number of rotatable bonds is 3. The van der Waals surface area contributed by atoms with Crippen molar-refractivity contribution in [1.82, 2.24) is 4.57 Å². The van der Waals surface area contributed by atoms with E-state index in [1.807, 2.05) is 23.5 Å². The number of allylic oxidation sites excluding steroid dienone is 7. The highest BCUT2D eigenvalue weighted by molar-refractivity contribution is 8.03. The molecule has 1 unspecified atom stereocenters. The summed E-state index contributed by atoms with van der Waals surface area (Å²) in [6.45, 7) is 2.38. The van der Waals surface area contributed by atoms with Gasteiger partial charge in [-0.15, -0.1) is 0 Å². The fourth-order valence-corrected chi connectivity index (χ4v) is 10.9. The molecule has 0 saturated carbocycles. The molecule has 1 aromatic heterocycles. The molecule has 250 valence electrons. The molecular formula is C49H37NS2. The van der Waals surface area contributed by atoms with Crippen molar-refractivity contribution >= 4 is 56.5 Å². The van der Waals surface area contributed by atoms with Crippen LogP contribution >= 0.6 is 23.5 Å². The number of benzene rings is 6. The Bertz CT molecular complexity index is 2670. The zero-order valence-electron chi connectivity index (χ0n) is 29.1. The van der Waals surface area contributed by atoms with E-state index < -0.39 is 0 Å². The molecule has 1 aliphatic heterocycles. The maximum atomic E-state index is 2.62. The molecule has 10 rings (SSSR count). The topological polar surface area (TPSA) is 4.93 Å². The van der Waals surface area contributed by atoms with Crippen molar-refractivity contribution in [3.63, 3.8) is 0 Å². The second-order valence-corrected chi connectivity index (χ2v) is 16.3. The zero-order valence-corrected chi connectivity index (χ0v) is 30.7. The van der Waals surface area contributed by atoms with E-state index in [1.165, 1.54) is 85.9 Å². The first-order valence-corrected chi connectivity index (χ1v) is 19.8. The lowest BCUT2D eigenvalue weighted by molar-refractivity contribution is 0.438. The van der Waals surface area contributed by atoms with E-state index in [0.717, 1.165) is 19.3 Å². The van der Waals surface area contributed by atoms with Crippen molar-refractivity contribution in [1.29, 1.82) is 0 Å². The first-order chi connectivity index (χ1) is 25.7. The van der Waals surface area contributed by atoms with E-state index in [2.05, 4.69) is 181 Å². The minimum Gasteiger partial charge on any atom is -0.330 e. The summed E-state index contributed by atoms with van der Waals surface area (Å²) in [5.74, 6) is 0. The largest absolute Gasteiger partial charge is 0.330 e. The van der Waals surface area contributed by atoms with Crippen LogP contribution < -0.4 is 0 Å². The Labute approximate surface area is 314 Å². The molecule has 52 heavy (non-hydrogen) atoms. The van der Waals surface area contributed by atoms with Crippen LogP contribution in [0.5, 0.6) is 0 Å². The molecule has 7 aromatic rings. The molecule has 3 aliphatic rings. The van der Waals surface area contributed by atoms with E-state index in [4.69, 9.17) is 0 Å². The minimum atomic E-state index is -0.197. The van der Waals surface area contributed by atoms with E-state index >= 15 is 0 Å². The zero-order chi connectivity index (χ0) is 34.6. The van der Waals surface area contributed by atoms with Gasteiger partial charge in [-0.05, 0) is 89.9 Å². The van der Waals surface area contributed by atoms with Gasteiger partial charge in [-0.2, -0.15) is 0 Å².